The van der Waals surface area contributed by atoms with Gasteiger partial charge < -0.3 is 15.4 Å². The zero-order chi connectivity index (χ0) is 23.2. The van der Waals surface area contributed by atoms with Gasteiger partial charge in [-0.05, 0) is 74.2 Å². The summed E-state index contributed by atoms with van der Waals surface area (Å²) in [6.07, 6.45) is 5.94. The van der Waals surface area contributed by atoms with Crippen LogP contribution in [0.5, 0.6) is 5.75 Å². The molecule has 0 saturated heterocycles. The minimum Gasteiger partial charge on any atom is -0.497 e. The lowest BCUT2D eigenvalue weighted by molar-refractivity contribution is -0.122. The second-order valence-corrected chi connectivity index (χ2v) is 8.87. The fourth-order valence-corrected chi connectivity index (χ4v) is 4.46. The van der Waals surface area contributed by atoms with Gasteiger partial charge in [-0.1, -0.05) is 11.6 Å². The summed E-state index contributed by atoms with van der Waals surface area (Å²) in [5.74, 6) is 0.604. The third-order valence-electron chi connectivity index (χ3n) is 6.15. The van der Waals surface area contributed by atoms with Crippen LogP contribution in [0.3, 0.4) is 0 Å². The monoisotopic (exact) mass is 465 g/mol. The van der Waals surface area contributed by atoms with Crippen LogP contribution in [0.1, 0.15) is 48.9 Å². The maximum atomic E-state index is 12.4. The van der Waals surface area contributed by atoms with Gasteiger partial charge in [0.1, 0.15) is 5.75 Å². The zero-order valence-electron chi connectivity index (χ0n) is 18.6. The first-order chi connectivity index (χ1) is 16.0. The fourth-order valence-electron chi connectivity index (χ4n) is 4.30. The number of carbonyl (C=O) groups is 2. The number of Topliss-reactive ketones (excluding diaryl/α,β-unsaturated/α-hetero) is 1. The highest BCUT2D eigenvalue weighted by Gasteiger charge is 2.23. The van der Waals surface area contributed by atoms with Crippen LogP contribution < -0.4 is 15.4 Å². The highest BCUT2D eigenvalue weighted by atomic mass is 35.5. The highest BCUT2D eigenvalue weighted by Crippen LogP contribution is 2.28. The van der Waals surface area contributed by atoms with Crippen LogP contribution in [0.4, 0.5) is 5.69 Å². The van der Waals surface area contributed by atoms with Gasteiger partial charge in [0.15, 0.2) is 5.78 Å². The number of ketones is 1. The molecule has 1 saturated carbocycles. The van der Waals surface area contributed by atoms with E-state index < -0.39 is 0 Å². The minimum absolute atomic E-state index is 0.0356. The van der Waals surface area contributed by atoms with Crippen LogP contribution in [-0.2, 0) is 4.79 Å². The summed E-state index contributed by atoms with van der Waals surface area (Å²) < 4.78 is 5.11. The summed E-state index contributed by atoms with van der Waals surface area (Å²) in [5, 5.41) is 8.46. The van der Waals surface area contributed by atoms with Crippen LogP contribution in [0.25, 0.3) is 10.9 Å². The first kappa shape index (κ1) is 23.1. The number of halogens is 1. The van der Waals surface area contributed by atoms with Gasteiger partial charge in [0.2, 0.25) is 5.91 Å². The molecule has 4 rings (SSSR count). The molecule has 2 N–H and O–H groups in total. The first-order valence-corrected chi connectivity index (χ1v) is 11.7. The third-order valence-corrected chi connectivity index (χ3v) is 6.38. The normalized spacial score (nSPS) is 18.0. The summed E-state index contributed by atoms with van der Waals surface area (Å²) in [6, 6.07) is 15.2. The molecule has 7 heteroatoms. The maximum Gasteiger partial charge on any atom is 0.220 e. The van der Waals surface area contributed by atoms with Crippen molar-refractivity contribution in [2.75, 3.05) is 12.4 Å². The number of amides is 1. The number of carbonyl (C=O) groups excluding carboxylic acids is 2. The van der Waals surface area contributed by atoms with Crippen molar-refractivity contribution in [2.24, 2.45) is 0 Å². The lowest BCUT2D eigenvalue weighted by Crippen LogP contribution is -2.40. The predicted molar refractivity (Wildman–Crippen MR) is 131 cm³/mol. The lowest BCUT2D eigenvalue weighted by Gasteiger charge is -2.30. The second kappa shape index (κ2) is 10.7. The lowest BCUT2D eigenvalue weighted by atomic mass is 9.90. The topological polar surface area (TPSA) is 80.3 Å². The number of aromatic nitrogens is 1. The molecule has 172 valence electrons. The van der Waals surface area contributed by atoms with Gasteiger partial charge in [0.25, 0.3) is 0 Å². The van der Waals surface area contributed by atoms with Crippen LogP contribution in [0.15, 0.2) is 54.7 Å². The molecule has 2 aromatic carbocycles. The van der Waals surface area contributed by atoms with E-state index in [0.717, 1.165) is 42.3 Å². The number of benzene rings is 2. The molecule has 1 aromatic heterocycles. The number of pyridine rings is 1. The van der Waals surface area contributed by atoms with Gasteiger partial charge in [0, 0.05) is 52.8 Å². The maximum absolute atomic E-state index is 12.4. The van der Waals surface area contributed by atoms with Crippen molar-refractivity contribution in [3.8, 4) is 5.75 Å². The van der Waals surface area contributed by atoms with Gasteiger partial charge >= 0.3 is 0 Å². The van der Waals surface area contributed by atoms with Crippen molar-refractivity contribution in [3.05, 3.63) is 65.3 Å². The number of rotatable bonds is 8. The summed E-state index contributed by atoms with van der Waals surface area (Å²) in [5.41, 5.74) is 2.53. The Kier molecular flexibility index (Phi) is 7.45. The molecule has 0 aliphatic heterocycles. The van der Waals surface area contributed by atoms with Gasteiger partial charge in [-0.2, -0.15) is 0 Å². The zero-order valence-corrected chi connectivity index (χ0v) is 19.4. The Morgan fingerprint density at radius 1 is 1.00 bits per heavy atom. The van der Waals surface area contributed by atoms with E-state index in [1.807, 2.05) is 24.3 Å². The fraction of sp³-hybridized carbons (Fsp3) is 0.346. The Bertz CT molecular complexity index is 1130. The Morgan fingerprint density at radius 2 is 1.73 bits per heavy atom. The van der Waals surface area contributed by atoms with E-state index in [0.29, 0.717) is 22.4 Å². The van der Waals surface area contributed by atoms with Crippen molar-refractivity contribution in [3.63, 3.8) is 0 Å². The standard InChI is InChI=1S/C26H28ClN3O3/c1-33-21-9-2-17(3-10-21)25(31)12-13-26(32)30-20-7-5-19(6-8-20)29-23-14-15-28-24-16-18(27)4-11-22(23)24/h2-4,9-11,14-16,19-20H,5-8,12-13H2,1H3,(H,28,29)(H,30,32). The van der Waals surface area contributed by atoms with Crippen LogP contribution in [-0.4, -0.2) is 35.9 Å². The molecule has 1 amide bonds. The molecule has 0 bridgehead atoms. The predicted octanol–water partition coefficient (Wildman–Crippen LogP) is 5.40. The molecule has 0 unspecified atom stereocenters. The molecular weight excluding hydrogens is 438 g/mol. The number of nitrogens with zero attached hydrogens (tertiary/aromatic N) is 1. The molecule has 1 aliphatic rings. The summed E-state index contributed by atoms with van der Waals surface area (Å²) in [4.78, 5) is 29.1. The Hall–Kier alpha value is -3.12. The summed E-state index contributed by atoms with van der Waals surface area (Å²) in [6.45, 7) is 0. The van der Waals surface area contributed by atoms with Crippen molar-refractivity contribution >= 4 is 39.9 Å². The molecule has 0 radical (unpaired) electrons. The van der Waals surface area contributed by atoms with Gasteiger partial charge in [-0.15, -0.1) is 0 Å². The molecule has 1 aliphatic carbocycles. The van der Waals surface area contributed by atoms with E-state index in [-0.39, 0.29) is 30.6 Å². The number of methoxy groups -OCH3 is 1. The molecule has 0 spiro atoms. The second-order valence-electron chi connectivity index (χ2n) is 8.43. The van der Waals surface area contributed by atoms with Crippen molar-refractivity contribution < 1.29 is 14.3 Å². The molecule has 6 nitrogen and oxygen atoms in total. The van der Waals surface area contributed by atoms with E-state index in [2.05, 4.69) is 15.6 Å². The minimum atomic E-state index is -0.0646. The van der Waals surface area contributed by atoms with Crippen molar-refractivity contribution in [1.82, 2.24) is 10.3 Å². The quantitative estimate of drug-likeness (QED) is 0.435. The molecular formula is C26H28ClN3O3. The molecule has 3 aromatic rings. The van der Waals surface area contributed by atoms with Crippen molar-refractivity contribution in [2.45, 2.75) is 50.6 Å². The van der Waals surface area contributed by atoms with E-state index >= 15 is 0 Å². The number of ether oxygens (including phenoxy) is 1. The smallest absolute Gasteiger partial charge is 0.220 e. The Labute approximate surface area is 198 Å². The van der Waals surface area contributed by atoms with E-state index in [4.69, 9.17) is 16.3 Å². The molecule has 0 atom stereocenters. The SMILES string of the molecule is COc1ccc(C(=O)CCC(=O)NC2CCC(Nc3ccnc4cc(Cl)ccc34)CC2)cc1. The van der Waals surface area contributed by atoms with Gasteiger partial charge in [-0.25, -0.2) is 0 Å². The van der Waals surface area contributed by atoms with Crippen LogP contribution in [0, 0.1) is 0 Å². The molecule has 1 fully saturated rings. The molecule has 1 heterocycles. The summed E-state index contributed by atoms with van der Waals surface area (Å²) in [7, 11) is 1.59. The van der Waals surface area contributed by atoms with Crippen LogP contribution in [0.2, 0.25) is 5.02 Å². The average Bonchev–Trinajstić information content (AvgIpc) is 2.84. The Balaban J connectivity index is 1.22. The van der Waals surface area contributed by atoms with Gasteiger partial charge in [0.05, 0.1) is 12.6 Å². The largest absolute Gasteiger partial charge is 0.497 e. The number of fused-ring (bicyclic) bond motifs is 1. The average molecular weight is 466 g/mol. The number of anilines is 1. The Morgan fingerprint density at radius 3 is 2.45 bits per heavy atom. The highest BCUT2D eigenvalue weighted by molar-refractivity contribution is 6.31. The number of hydrogen-bond acceptors (Lipinski definition) is 5. The molecule has 33 heavy (non-hydrogen) atoms. The van der Waals surface area contributed by atoms with E-state index in [9.17, 15) is 9.59 Å². The van der Waals surface area contributed by atoms with E-state index in [1.54, 1.807) is 37.6 Å². The van der Waals surface area contributed by atoms with E-state index in [1.165, 1.54) is 0 Å². The number of hydrogen-bond donors (Lipinski definition) is 2. The summed E-state index contributed by atoms with van der Waals surface area (Å²) >= 11 is 6.08. The van der Waals surface area contributed by atoms with Crippen molar-refractivity contribution in [1.29, 1.82) is 0 Å². The first-order valence-electron chi connectivity index (χ1n) is 11.3. The number of nitrogens with one attached hydrogen (secondary N) is 2. The van der Waals surface area contributed by atoms with Gasteiger partial charge in [-0.3, -0.25) is 14.6 Å². The van der Waals surface area contributed by atoms with Crippen LogP contribution >= 0.6 is 11.6 Å². The third kappa shape index (κ3) is 6.02.